The molecule has 0 amide bonds. The number of hydrogen-bond donors (Lipinski definition) is 0. The average molecular weight is 343 g/mol. The molecular weight excluding hydrogens is 322 g/mol. The maximum absolute atomic E-state index is 13.2. The van der Waals surface area contributed by atoms with E-state index in [0.29, 0.717) is 11.4 Å². The van der Waals surface area contributed by atoms with E-state index in [1.165, 1.54) is 0 Å². The van der Waals surface area contributed by atoms with Crippen LogP contribution in [0.15, 0.2) is 83.0 Å². The summed E-state index contributed by atoms with van der Waals surface area (Å²) in [5, 5.41) is 21.8. The Hall–Kier alpha value is -3.27. The van der Waals surface area contributed by atoms with Crippen LogP contribution in [-0.2, 0) is 0 Å². The molecule has 0 N–H and O–H groups in total. The number of amidine groups is 1. The third-order valence-corrected chi connectivity index (χ3v) is 4.08. The minimum Gasteiger partial charge on any atom is -0.710 e. The monoisotopic (exact) mass is 343 g/mol. The lowest BCUT2D eigenvalue weighted by Gasteiger charge is -2.16. The van der Waals surface area contributed by atoms with Crippen molar-refractivity contribution >= 4 is 17.2 Å². The molecule has 0 heterocycles. The number of nitrogens with zero attached hydrogens (tertiary/aromatic N) is 3. The zero-order valence-electron chi connectivity index (χ0n) is 15.2. The predicted molar refractivity (Wildman–Crippen MR) is 105 cm³/mol. The van der Waals surface area contributed by atoms with Crippen molar-refractivity contribution in [1.82, 2.24) is 0 Å². The van der Waals surface area contributed by atoms with E-state index in [9.17, 15) is 5.21 Å². The fraction of sp³-hybridized carbons (Fsp3) is 0.136. The van der Waals surface area contributed by atoms with Gasteiger partial charge in [0.15, 0.2) is 0 Å². The Balaban J connectivity index is 2.17. The van der Waals surface area contributed by atoms with Crippen LogP contribution < -0.4 is 0 Å². The van der Waals surface area contributed by atoms with Crippen molar-refractivity contribution in [1.29, 1.82) is 0 Å². The molecule has 0 radical (unpaired) electrons. The van der Waals surface area contributed by atoms with Crippen molar-refractivity contribution in [3.63, 3.8) is 0 Å². The smallest absolute Gasteiger partial charge is 0.361 e. The fourth-order valence-corrected chi connectivity index (χ4v) is 3.00. The standard InChI is InChI=1S/C22H21N3O/c1-16-14-17(2)21(18(3)15-16)25(26)22(19-10-6-4-7-11-19)24-23-20-12-8-5-9-13-20/h4-15H,1-3H3/b24-23?,25-22+. The van der Waals surface area contributed by atoms with Gasteiger partial charge in [-0.25, -0.2) is 4.74 Å². The highest BCUT2D eigenvalue weighted by molar-refractivity contribution is 5.96. The minimum atomic E-state index is 0.268. The molecule has 0 saturated heterocycles. The molecule has 0 bridgehead atoms. The Morgan fingerprint density at radius 2 is 1.35 bits per heavy atom. The maximum atomic E-state index is 13.2. The van der Waals surface area contributed by atoms with Gasteiger partial charge < -0.3 is 5.21 Å². The number of rotatable bonds is 3. The van der Waals surface area contributed by atoms with E-state index in [0.717, 1.165) is 27.0 Å². The largest absolute Gasteiger partial charge is 0.710 e. The van der Waals surface area contributed by atoms with Gasteiger partial charge in [0.2, 0.25) is 0 Å². The second kappa shape index (κ2) is 7.74. The summed E-state index contributed by atoms with van der Waals surface area (Å²) in [7, 11) is 0. The maximum Gasteiger partial charge on any atom is 0.361 e. The van der Waals surface area contributed by atoms with Crippen LogP contribution in [0.4, 0.5) is 11.4 Å². The number of azo groups is 1. The molecular formula is C22H21N3O. The summed E-state index contributed by atoms with van der Waals surface area (Å²) in [5.74, 6) is 0.268. The molecule has 4 nitrogen and oxygen atoms in total. The molecule has 130 valence electrons. The normalized spacial score (nSPS) is 12.3. The van der Waals surface area contributed by atoms with Gasteiger partial charge in [0.1, 0.15) is 11.4 Å². The van der Waals surface area contributed by atoms with Crippen molar-refractivity contribution in [2.24, 2.45) is 10.2 Å². The number of hydrogen-bond acceptors (Lipinski definition) is 2. The third kappa shape index (κ3) is 3.86. The molecule has 0 atom stereocenters. The van der Waals surface area contributed by atoms with Crippen LogP contribution in [0.25, 0.3) is 0 Å². The lowest BCUT2D eigenvalue weighted by molar-refractivity contribution is -0.362. The Morgan fingerprint density at radius 3 is 1.92 bits per heavy atom. The molecule has 0 aliphatic rings. The van der Waals surface area contributed by atoms with E-state index >= 15 is 0 Å². The fourth-order valence-electron chi connectivity index (χ4n) is 3.00. The SMILES string of the molecule is Cc1cc(C)c(/[N+]([O-])=C(\N=Nc2ccccc2)c2ccccc2)c(C)c1. The van der Waals surface area contributed by atoms with Crippen LogP contribution in [0, 0.1) is 26.0 Å². The molecule has 4 heteroatoms. The highest BCUT2D eigenvalue weighted by Gasteiger charge is 2.18. The van der Waals surface area contributed by atoms with Crippen LogP contribution in [0.3, 0.4) is 0 Å². The van der Waals surface area contributed by atoms with Crippen molar-refractivity contribution in [3.8, 4) is 0 Å². The van der Waals surface area contributed by atoms with E-state index in [2.05, 4.69) is 10.2 Å². The highest BCUT2D eigenvalue weighted by Crippen LogP contribution is 2.26. The van der Waals surface area contributed by atoms with Crippen LogP contribution >= 0.6 is 0 Å². The molecule has 0 aliphatic carbocycles. The lowest BCUT2D eigenvalue weighted by atomic mass is 10.1. The molecule has 0 saturated carbocycles. The van der Waals surface area contributed by atoms with Gasteiger partial charge in [-0.3, -0.25) is 0 Å². The van der Waals surface area contributed by atoms with E-state index < -0.39 is 0 Å². The van der Waals surface area contributed by atoms with Gasteiger partial charge in [0.05, 0.1) is 10.7 Å². The van der Waals surface area contributed by atoms with Gasteiger partial charge in [-0.05, 0) is 61.3 Å². The summed E-state index contributed by atoms with van der Waals surface area (Å²) < 4.78 is 0.881. The van der Waals surface area contributed by atoms with Crippen molar-refractivity contribution in [3.05, 3.63) is 100 Å². The summed E-state index contributed by atoms with van der Waals surface area (Å²) in [6.07, 6.45) is 0. The Labute approximate surface area is 153 Å². The van der Waals surface area contributed by atoms with Gasteiger partial charge >= 0.3 is 5.84 Å². The van der Waals surface area contributed by atoms with E-state index in [1.807, 2.05) is 93.6 Å². The van der Waals surface area contributed by atoms with Gasteiger partial charge in [0, 0.05) is 0 Å². The molecule has 0 aliphatic heterocycles. The third-order valence-electron chi connectivity index (χ3n) is 4.08. The van der Waals surface area contributed by atoms with Gasteiger partial charge in [-0.15, -0.1) is 0 Å². The summed E-state index contributed by atoms with van der Waals surface area (Å²) >= 11 is 0. The molecule has 0 unspecified atom stereocenters. The molecule has 3 rings (SSSR count). The van der Waals surface area contributed by atoms with Gasteiger partial charge in [-0.2, -0.15) is 0 Å². The first kappa shape index (κ1) is 17.5. The summed E-state index contributed by atoms with van der Waals surface area (Å²) in [6.45, 7) is 5.91. The minimum absolute atomic E-state index is 0.268. The van der Waals surface area contributed by atoms with E-state index in [4.69, 9.17) is 0 Å². The zero-order valence-corrected chi connectivity index (χ0v) is 15.2. The first-order chi connectivity index (χ1) is 12.6. The van der Waals surface area contributed by atoms with Crippen LogP contribution in [0.1, 0.15) is 22.3 Å². The van der Waals surface area contributed by atoms with Crippen LogP contribution in [0.2, 0.25) is 0 Å². The lowest BCUT2D eigenvalue weighted by Crippen LogP contribution is -2.12. The van der Waals surface area contributed by atoms with Crippen molar-refractivity contribution in [2.45, 2.75) is 20.8 Å². The van der Waals surface area contributed by atoms with Gasteiger partial charge in [-0.1, -0.05) is 54.1 Å². The Bertz CT molecular complexity index is 938. The van der Waals surface area contributed by atoms with E-state index in [1.54, 1.807) is 0 Å². The first-order valence-corrected chi connectivity index (χ1v) is 8.50. The van der Waals surface area contributed by atoms with Crippen LogP contribution in [0.5, 0.6) is 0 Å². The van der Waals surface area contributed by atoms with Crippen molar-refractivity contribution < 1.29 is 4.74 Å². The van der Waals surface area contributed by atoms with Crippen molar-refractivity contribution in [2.75, 3.05) is 0 Å². The molecule has 0 spiro atoms. The first-order valence-electron chi connectivity index (χ1n) is 8.50. The summed E-state index contributed by atoms with van der Waals surface area (Å²) in [6, 6.07) is 22.8. The van der Waals surface area contributed by atoms with Gasteiger partial charge in [0.25, 0.3) is 0 Å². The summed E-state index contributed by atoms with van der Waals surface area (Å²) in [4.78, 5) is 0. The molecule has 26 heavy (non-hydrogen) atoms. The summed E-state index contributed by atoms with van der Waals surface area (Å²) in [5.41, 5.74) is 5.00. The Morgan fingerprint density at radius 1 is 0.808 bits per heavy atom. The molecule has 0 fully saturated rings. The zero-order chi connectivity index (χ0) is 18.5. The second-order valence-corrected chi connectivity index (χ2v) is 6.27. The molecule has 3 aromatic carbocycles. The molecule has 0 aromatic heterocycles. The quantitative estimate of drug-likeness (QED) is 0.144. The Kier molecular flexibility index (Phi) is 5.23. The highest BCUT2D eigenvalue weighted by atomic mass is 16.5. The predicted octanol–water partition coefficient (Wildman–Crippen LogP) is 5.98. The van der Waals surface area contributed by atoms with E-state index in [-0.39, 0.29) is 5.84 Å². The topological polar surface area (TPSA) is 50.8 Å². The average Bonchev–Trinajstić information content (AvgIpc) is 2.63. The number of aryl methyl sites for hydroxylation is 3. The number of benzene rings is 3. The van der Waals surface area contributed by atoms with Crippen LogP contribution in [-0.4, -0.2) is 10.6 Å². The molecule has 3 aromatic rings. The second-order valence-electron chi connectivity index (χ2n) is 6.27.